The number of nitrogens with two attached hydrogens (primary N) is 1. The van der Waals surface area contributed by atoms with E-state index in [2.05, 4.69) is 47.0 Å². The first-order valence-electron chi connectivity index (χ1n) is 7.08. The van der Waals surface area contributed by atoms with Crippen molar-refractivity contribution in [2.24, 2.45) is 12.9 Å². The largest absolute Gasteiger partial charge is 0.338 e. The highest BCUT2D eigenvalue weighted by molar-refractivity contribution is 5.29. The van der Waals surface area contributed by atoms with E-state index in [1.54, 1.807) is 0 Å². The quantitative estimate of drug-likeness (QED) is 0.625. The second kappa shape index (κ2) is 6.68. The maximum atomic E-state index is 5.70. The number of hydrogen-bond acceptors (Lipinski definition) is 3. The van der Waals surface area contributed by atoms with E-state index in [-0.39, 0.29) is 6.04 Å². The molecule has 1 aromatic carbocycles. The summed E-state index contributed by atoms with van der Waals surface area (Å²) in [6, 6.07) is 6.94. The molecule has 0 bridgehead atoms. The Balaban J connectivity index is 1.96. The first-order valence-corrected chi connectivity index (χ1v) is 7.08. The molecule has 0 spiro atoms. The van der Waals surface area contributed by atoms with Gasteiger partial charge in [0.25, 0.3) is 0 Å². The third-order valence-electron chi connectivity index (χ3n) is 3.64. The lowest BCUT2D eigenvalue weighted by atomic mass is 9.99. The lowest BCUT2D eigenvalue weighted by molar-refractivity contribution is 0.483. The van der Waals surface area contributed by atoms with E-state index < -0.39 is 0 Å². The van der Waals surface area contributed by atoms with Crippen LogP contribution in [0.5, 0.6) is 0 Å². The van der Waals surface area contributed by atoms with Crippen molar-refractivity contribution in [2.75, 3.05) is 0 Å². The van der Waals surface area contributed by atoms with Gasteiger partial charge in [-0.25, -0.2) is 4.98 Å². The van der Waals surface area contributed by atoms with E-state index in [1.165, 1.54) is 16.7 Å². The molecule has 0 aliphatic heterocycles. The topological polar surface area (TPSA) is 55.9 Å². The minimum absolute atomic E-state index is 0.271. The Morgan fingerprint density at radius 3 is 2.50 bits per heavy atom. The number of hydrogen-bond donors (Lipinski definition) is 2. The number of nitrogens with zero attached hydrogens (tertiary/aromatic N) is 2. The van der Waals surface area contributed by atoms with Gasteiger partial charge in [0.1, 0.15) is 5.82 Å². The second-order valence-corrected chi connectivity index (χ2v) is 5.56. The fraction of sp³-hybridized carbons (Fsp3) is 0.438. The summed E-state index contributed by atoms with van der Waals surface area (Å²) in [7, 11) is 2.02. The SMILES string of the molecule is Cc1cc(C)cc(CC(CCc2nccn2C)NN)c1. The average Bonchev–Trinajstić information content (AvgIpc) is 2.79. The van der Waals surface area contributed by atoms with Gasteiger partial charge in [0.15, 0.2) is 0 Å². The summed E-state index contributed by atoms with van der Waals surface area (Å²) in [6.45, 7) is 4.27. The van der Waals surface area contributed by atoms with Crippen LogP contribution in [-0.2, 0) is 19.9 Å². The van der Waals surface area contributed by atoms with Gasteiger partial charge in [-0.3, -0.25) is 11.3 Å². The molecule has 1 unspecified atom stereocenters. The molecule has 0 amide bonds. The highest BCUT2D eigenvalue weighted by Crippen LogP contribution is 2.13. The molecule has 0 saturated carbocycles. The minimum Gasteiger partial charge on any atom is -0.338 e. The zero-order valence-electron chi connectivity index (χ0n) is 12.6. The van der Waals surface area contributed by atoms with Crippen molar-refractivity contribution < 1.29 is 0 Å². The predicted octanol–water partition coefficient (Wildman–Crippen LogP) is 2.04. The second-order valence-electron chi connectivity index (χ2n) is 5.56. The van der Waals surface area contributed by atoms with Gasteiger partial charge < -0.3 is 4.57 Å². The van der Waals surface area contributed by atoms with Crippen molar-refractivity contribution in [3.63, 3.8) is 0 Å². The summed E-state index contributed by atoms with van der Waals surface area (Å²) in [5.74, 6) is 6.80. The van der Waals surface area contributed by atoms with E-state index >= 15 is 0 Å². The molecular weight excluding hydrogens is 248 g/mol. The van der Waals surface area contributed by atoms with E-state index in [0.717, 1.165) is 25.1 Å². The number of benzene rings is 1. The Hall–Kier alpha value is -1.65. The van der Waals surface area contributed by atoms with Gasteiger partial charge in [-0.2, -0.15) is 0 Å². The zero-order valence-corrected chi connectivity index (χ0v) is 12.6. The van der Waals surface area contributed by atoms with Gasteiger partial charge in [0.2, 0.25) is 0 Å². The van der Waals surface area contributed by atoms with Crippen molar-refractivity contribution in [2.45, 2.75) is 39.2 Å². The molecule has 2 aromatic rings. The van der Waals surface area contributed by atoms with Crippen LogP contribution < -0.4 is 11.3 Å². The molecule has 0 aliphatic rings. The van der Waals surface area contributed by atoms with E-state index in [4.69, 9.17) is 5.84 Å². The number of imidazole rings is 1. The van der Waals surface area contributed by atoms with Crippen LogP contribution in [0, 0.1) is 13.8 Å². The molecule has 0 radical (unpaired) electrons. The van der Waals surface area contributed by atoms with Crippen LogP contribution in [0.15, 0.2) is 30.6 Å². The van der Waals surface area contributed by atoms with E-state index in [1.807, 2.05) is 19.4 Å². The molecule has 4 nitrogen and oxygen atoms in total. The third kappa shape index (κ3) is 3.92. The van der Waals surface area contributed by atoms with Crippen molar-refractivity contribution in [1.82, 2.24) is 15.0 Å². The van der Waals surface area contributed by atoms with Crippen LogP contribution in [0.3, 0.4) is 0 Å². The van der Waals surface area contributed by atoms with Gasteiger partial charge in [-0.1, -0.05) is 29.3 Å². The third-order valence-corrected chi connectivity index (χ3v) is 3.64. The van der Waals surface area contributed by atoms with Crippen molar-refractivity contribution in [1.29, 1.82) is 0 Å². The summed E-state index contributed by atoms with van der Waals surface area (Å²) in [4.78, 5) is 4.35. The lowest BCUT2D eigenvalue weighted by Gasteiger charge is -2.16. The molecule has 1 atom stereocenters. The Labute approximate surface area is 121 Å². The summed E-state index contributed by atoms with van der Waals surface area (Å²) in [6.07, 6.45) is 6.68. The number of hydrazine groups is 1. The average molecular weight is 272 g/mol. The summed E-state index contributed by atoms with van der Waals surface area (Å²) >= 11 is 0. The standard InChI is InChI=1S/C16H24N4/c1-12-8-13(2)10-14(9-12)11-15(19-17)4-5-16-18-6-7-20(16)3/h6-10,15,19H,4-5,11,17H2,1-3H3. The van der Waals surface area contributed by atoms with E-state index in [0.29, 0.717) is 0 Å². The van der Waals surface area contributed by atoms with Crippen molar-refractivity contribution in [3.8, 4) is 0 Å². The molecule has 0 aliphatic carbocycles. The molecule has 3 N–H and O–H groups in total. The fourth-order valence-electron chi connectivity index (χ4n) is 2.66. The Morgan fingerprint density at radius 2 is 1.95 bits per heavy atom. The smallest absolute Gasteiger partial charge is 0.108 e. The van der Waals surface area contributed by atoms with Gasteiger partial charge in [-0.15, -0.1) is 0 Å². The predicted molar refractivity (Wildman–Crippen MR) is 82.3 cm³/mol. The summed E-state index contributed by atoms with van der Waals surface area (Å²) in [5, 5.41) is 0. The number of aryl methyl sites for hydroxylation is 4. The van der Waals surface area contributed by atoms with Crippen molar-refractivity contribution in [3.05, 3.63) is 53.1 Å². The van der Waals surface area contributed by atoms with Gasteiger partial charge in [-0.05, 0) is 32.3 Å². The van der Waals surface area contributed by atoms with Gasteiger partial charge in [0, 0.05) is 31.9 Å². The molecule has 4 heteroatoms. The van der Waals surface area contributed by atoms with Crippen LogP contribution in [0.1, 0.15) is 28.9 Å². The highest BCUT2D eigenvalue weighted by atomic mass is 15.2. The maximum absolute atomic E-state index is 5.70. The minimum atomic E-state index is 0.271. The first-order chi connectivity index (χ1) is 9.58. The molecule has 2 rings (SSSR count). The lowest BCUT2D eigenvalue weighted by Crippen LogP contribution is -2.37. The van der Waals surface area contributed by atoms with Crippen molar-refractivity contribution >= 4 is 0 Å². The molecule has 0 saturated heterocycles. The molecule has 108 valence electrons. The Morgan fingerprint density at radius 1 is 1.25 bits per heavy atom. The molecule has 20 heavy (non-hydrogen) atoms. The molecule has 1 aromatic heterocycles. The highest BCUT2D eigenvalue weighted by Gasteiger charge is 2.10. The van der Waals surface area contributed by atoms with Crippen LogP contribution in [0.25, 0.3) is 0 Å². The van der Waals surface area contributed by atoms with Crippen LogP contribution >= 0.6 is 0 Å². The van der Waals surface area contributed by atoms with E-state index in [9.17, 15) is 0 Å². The van der Waals surface area contributed by atoms with Crippen LogP contribution in [-0.4, -0.2) is 15.6 Å². The van der Waals surface area contributed by atoms with Crippen LogP contribution in [0.4, 0.5) is 0 Å². The fourth-order valence-corrected chi connectivity index (χ4v) is 2.66. The summed E-state index contributed by atoms with van der Waals surface area (Å²) < 4.78 is 2.06. The molecule has 1 heterocycles. The number of rotatable bonds is 6. The zero-order chi connectivity index (χ0) is 14.5. The van der Waals surface area contributed by atoms with Gasteiger partial charge >= 0.3 is 0 Å². The molecule has 0 fully saturated rings. The number of aromatic nitrogens is 2. The first kappa shape index (κ1) is 14.8. The Bertz CT molecular complexity index is 539. The molecular formula is C16H24N4. The Kier molecular flexibility index (Phi) is 4.93. The van der Waals surface area contributed by atoms with Gasteiger partial charge in [0.05, 0.1) is 0 Å². The number of nitrogens with one attached hydrogen (secondary N) is 1. The van der Waals surface area contributed by atoms with Crippen LogP contribution in [0.2, 0.25) is 0 Å². The summed E-state index contributed by atoms with van der Waals surface area (Å²) in [5.41, 5.74) is 6.88. The normalized spacial score (nSPS) is 12.6. The monoisotopic (exact) mass is 272 g/mol. The maximum Gasteiger partial charge on any atom is 0.108 e.